The van der Waals surface area contributed by atoms with Crippen LogP contribution in [0.3, 0.4) is 0 Å². The molecule has 17 heavy (non-hydrogen) atoms. The summed E-state index contributed by atoms with van der Waals surface area (Å²) in [7, 11) is 0. The molecule has 1 aliphatic carbocycles. The van der Waals surface area contributed by atoms with E-state index in [0.717, 1.165) is 25.2 Å². The number of benzene rings is 1. The molecule has 0 aliphatic heterocycles. The summed E-state index contributed by atoms with van der Waals surface area (Å²) in [5.41, 5.74) is 7.15. The molecule has 1 aromatic rings. The highest BCUT2D eigenvalue weighted by Gasteiger charge is 2.43. The fourth-order valence-electron chi connectivity index (χ4n) is 2.01. The fourth-order valence-corrected chi connectivity index (χ4v) is 2.32. The van der Waals surface area contributed by atoms with E-state index < -0.39 is 0 Å². The SMILES string of the molecule is CCc1cccc(OCC2(CC(N)=S)CC2)c1. The van der Waals surface area contributed by atoms with Crippen LogP contribution in [-0.2, 0) is 6.42 Å². The van der Waals surface area contributed by atoms with Crippen LogP contribution in [0.1, 0.15) is 31.7 Å². The number of rotatable bonds is 6. The molecule has 2 nitrogen and oxygen atoms in total. The van der Waals surface area contributed by atoms with Gasteiger partial charge in [0.25, 0.3) is 0 Å². The average molecular weight is 249 g/mol. The van der Waals surface area contributed by atoms with Gasteiger partial charge in [0, 0.05) is 11.8 Å². The first-order valence-corrected chi connectivity index (χ1v) is 6.54. The molecule has 0 radical (unpaired) electrons. The maximum Gasteiger partial charge on any atom is 0.119 e. The lowest BCUT2D eigenvalue weighted by Gasteiger charge is -2.15. The quantitative estimate of drug-likeness (QED) is 0.787. The maximum absolute atomic E-state index is 5.86. The van der Waals surface area contributed by atoms with Gasteiger partial charge in [-0.05, 0) is 37.0 Å². The number of aryl methyl sites for hydroxylation is 1. The van der Waals surface area contributed by atoms with Gasteiger partial charge in [0.2, 0.25) is 0 Å². The van der Waals surface area contributed by atoms with E-state index in [1.54, 1.807) is 0 Å². The average Bonchev–Trinajstić information content (AvgIpc) is 3.06. The second-order valence-corrected chi connectivity index (χ2v) is 5.46. The molecule has 0 heterocycles. The summed E-state index contributed by atoms with van der Waals surface area (Å²) < 4.78 is 5.86. The highest BCUT2D eigenvalue weighted by Crippen LogP contribution is 2.49. The van der Waals surface area contributed by atoms with Crippen LogP contribution in [0.25, 0.3) is 0 Å². The van der Waals surface area contributed by atoms with Gasteiger partial charge in [-0.25, -0.2) is 0 Å². The highest BCUT2D eigenvalue weighted by atomic mass is 32.1. The van der Waals surface area contributed by atoms with Crippen molar-refractivity contribution in [1.82, 2.24) is 0 Å². The molecule has 0 spiro atoms. The molecule has 1 aliphatic rings. The van der Waals surface area contributed by atoms with E-state index >= 15 is 0 Å². The lowest BCUT2D eigenvalue weighted by atomic mass is 10.0. The molecular formula is C14H19NOS. The third kappa shape index (κ3) is 3.43. The summed E-state index contributed by atoms with van der Waals surface area (Å²) in [5.74, 6) is 0.957. The van der Waals surface area contributed by atoms with E-state index in [9.17, 15) is 0 Å². The van der Waals surface area contributed by atoms with Crippen molar-refractivity contribution in [2.75, 3.05) is 6.61 Å². The maximum atomic E-state index is 5.86. The van der Waals surface area contributed by atoms with Crippen molar-refractivity contribution in [1.29, 1.82) is 0 Å². The lowest BCUT2D eigenvalue weighted by Crippen LogP contribution is -2.21. The molecule has 0 aromatic heterocycles. The van der Waals surface area contributed by atoms with Gasteiger partial charge >= 0.3 is 0 Å². The molecule has 0 bridgehead atoms. The van der Waals surface area contributed by atoms with Crippen molar-refractivity contribution >= 4 is 17.2 Å². The van der Waals surface area contributed by atoms with Crippen LogP contribution in [0.4, 0.5) is 0 Å². The summed E-state index contributed by atoms with van der Waals surface area (Å²) in [4.78, 5) is 0.605. The van der Waals surface area contributed by atoms with E-state index in [0.29, 0.717) is 4.99 Å². The molecule has 2 rings (SSSR count). The van der Waals surface area contributed by atoms with Gasteiger partial charge in [-0.15, -0.1) is 0 Å². The Kier molecular flexibility index (Phi) is 3.67. The van der Waals surface area contributed by atoms with Crippen molar-refractivity contribution < 1.29 is 4.74 Å². The summed E-state index contributed by atoms with van der Waals surface area (Å²) >= 11 is 4.98. The third-order valence-electron chi connectivity index (χ3n) is 3.36. The zero-order valence-corrected chi connectivity index (χ0v) is 11.1. The molecule has 1 fully saturated rings. The molecule has 2 N–H and O–H groups in total. The van der Waals surface area contributed by atoms with E-state index in [1.165, 1.54) is 18.4 Å². The number of thiocarbonyl (C=S) groups is 1. The first-order chi connectivity index (χ1) is 8.13. The monoisotopic (exact) mass is 249 g/mol. The Hall–Kier alpha value is -1.09. The van der Waals surface area contributed by atoms with E-state index in [4.69, 9.17) is 22.7 Å². The molecule has 92 valence electrons. The Morgan fingerprint density at radius 3 is 2.82 bits per heavy atom. The molecule has 0 atom stereocenters. The van der Waals surface area contributed by atoms with Gasteiger partial charge < -0.3 is 10.5 Å². The minimum atomic E-state index is 0.230. The molecule has 0 unspecified atom stereocenters. The zero-order chi connectivity index (χ0) is 12.3. The number of ether oxygens (including phenoxy) is 1. The summed E-state index contributed by atoms with van der Waals surface area (Å²) in [6.45, 7) is 2.88. The van der Waals surface area contributed by atoms with Crippen LogP contribution >= 0.6 is 12.2 Å². The fraction of sp³-hybridized carbons (Fsp3) is 0.500. The third-order valence-corrected chi connectivity index (χ3v) is 3.50. The van der Waals surface area contributed by atoms with E-state index in [1.807, 2.05) is 12.1 Å². The van der Waals surface area contributed by atoms with Crippen LogP contribution < -0.4 is 10.5 Å². The van der Waals surface area contributed by atoms with Gasteiger partial charge in [-0.2, -0.15) is 0 Å². The molecule has 1 saturated carbocycles. The highest BCUT2D eigenvalue weighted by molar-refractivity contribution is 7.80. The molecule has 3 heteroatoms. The molecule has 0 saturated heterocycles. The second-order valence-electron chi connectivity index (χ2n) is 4.93. The summed E-state index contributed by atoms with van der Waals surface area (Å²) in [6.07, 6.45) is 4.21. The van der Waals surface area contributed by atoms with Crippen LogP contribution in [-0.4, -0.2) is 11.6 Å². The molecule has 1 aromatic carbocycles. The Morgan fingerprint density at radius 1 is 1.47 bits per heavy atom. The Bertz CT molecular complexity index is 412. The lowest BCUT2D eigenvalue weighted by molar-refractivity contribution is 0.239. The van der Waals surface area contributed by atoms with Gasteiger partial charge in [0.15, 0.2) is 0 Å². The van der Waals surface area contributed by atoms with Crippen molar-refractivity contribution in [2.45, 2.75) is 32.6 Å². The summed E-state index contributed by atoms with van der Waals surface area (Å²) in [6, 6.07) is 8.28. The van der Waals surface area contributed by atoms with Gasteiger partial charge in [-0.3, -0.25) is 0 Å². The van der Waals surface area contributed by atoms with Crippen LogP contribution in [0.15, 0.2) is 24.3 Å². The predicted octanol–water partition coefficient (Wildman–Crippen LogP) is 3.08. The first kappa shape index (κ1) is 12.4. The molecular weight excluding hydrogens is 230 g/mol. The van der Waals surface area contributed by atoms with Gasteiger partial charge in [-0.1, -0.05) is 31.3 Å². The standard InChI is InChI=1S/C14H19NOS/c1-2-11-4-3-5-12(8-11)16-10-14(6-7-14)9-13(15)17/h3-5,8H,2,6-7,9-10H2,1H3,(H2,15,17). The van der Waals surface area contributed by atoms with Crippen molar-refractivity contribution in [3.05, 3.63) is 29.8 Å². The Morgan fingerprint density at radius 2 is 2.24 bits per heavy atom. The number of hydrogen-bond acceptors (Lipinski definition) is 2. The first-order valence-electron chi connectivity index (χ1n) is 6.14. The minimum absolute atomic E-state index is 0.230. The molecule has 0 amide bonds. The smallest absolute Gasteiger partial charge is 0.119 e. The number of hydrogen-bond donors (Lipinski definition) is 1. The van der Waals surface area contributed by atoms with Crippen molar-refractivity contribution in [3.8, 4) is 5.75 Å². The van der Waals surface area contributed by atoms with Crippen molar-refractivity contribution in [3.63, 3.8) is 0 Å². The minimum Gasteiger partial charge on any atom is -0.493 e. The largest absolute Gasteiger partial charge is 0.493 e. The van der Waals surface area contributed by atoms with E-state index in [-0.39, 0.29) is 5.41 Å². The predicted molar refractivity (Wildman–Crippen MR) is 74.4 cm³/mol. The van der Waals surface area contributed by atoms with Crippen molar-refractivity contribution in [2.24, 2.45) is 11.1 Å². The van der Waals surface area contributed by atoms with E-state index in [2.05, 4.69) is 19.1 Å². The van der Waals surface area contributed by atoms with Crippen LogP contribution in [0.5, 0.6) is 5.75 Å². The summed E-state index contributed by atoms with van der Waals surface area (Å²) in [5, 5.41) is 0. The zero-order valence-electron chi connectivity index (χ0n) is 10.2. The normalized spacial score (nSPS) is 16.5. The Labute approximate surface area is 108 Å². The topological polar surface area (TPSA) is 35.2 Å². The van der Waals surface area contributed by atoms with Gasteiger partial charge in [0.1, 0.15) is 5.75 Å². The second kappa shape index (κ2) is 5.05. The van der Waals surface area contributed by atoms with Crippen LogP contribution in [0.2, 0.25) is 0 Å². The van der Waals surface area contributed by atoms with Crippen LogP contribution in [0, 0.1) is 5.41 Å². The van der Waals surface area contributed by atoms with Gasteiger partial charge in [0.05, 0.1) is 11.6 Å². The Balaban J connectivity index is 1.91. The number of nitrogens with two attached hydrogens (primary N) is 1.